The number of benzene rings is 3. The maximum absolute atomic E-state index is 16.6. The number of aryl methyl sites for hydroxylation is 1. The minimum Gasteiger partial charge on any atom is -0.497 e. The molecule has 0 N–H and O–H groups in total. The molecule has 8 rings (SSSR count). The molecular formula is C41H41FN2O+2. The van der Waals surface area contributed by atoms with Crippen molar-refractivity contribution in [1.82, 2.24) is 0 Å². The summed E-state index contributed by atoms with van der Waals surface area (Å²) in [5.74, 6) is 0.714. The van der Waals surface area contributed by atoms with Gasteiger partial charge in [0.2, 0.25) is 11.2 Å². The van der Waals surface area contributed by atoms with E-state index in [2.05, 4.69) is 117 Å². The highest BCUT2D eigenvalue weighted by molar-refractivity contribution is 6.04. The van der Waals surface area contributed by atoms with Crippen LogP contribution in [0.1, 0.15) is 88.2 Å². The lowest BCUT2D eigenvalue weighted by Gasteiger charge is -2.37. The third-order valence-electron chi connectivity index (χ3n) is 11.1. The van der Waals surface area contributed by atoms with Crippen molar-refractivity contribution >= 4 is 27.1 Å². The van der Waals surface area contributed by atoms with Crippen LogP contribution in [-0.4, -0.2) is 7.11 Å². The van der Waals surface area contributed by atoms with Crippen molar-refractivity contribution in [1.29, 1.82) is 0 Å². The number of halogens is 1. The molecule has 6 aromatic rings. The Kier molecular flexibility index (Phi) is 6.16. The summed E-state index contributed by atoms with van der Waals surface area (Å²) in [6, 6.07) is 23.8. The smallest absolute Gasteiger partial charge is 0.288 e. The number of nitrogens with zero attached hydrogens (tertiary/aromatic N) is 2. The molecule has 1 aliphatic carbocycles. The SMILES string of the molecule is CCCCc1cc2c3c4[n+](ccc3c1)-c1c([n+]3ccccc3c3cc(OC)ccc13)C(CC)(CC)c1ccc(F)c(c1-4)C2(C)C. The topological polar surface area (TPSA) is 17.2 Å². The monoisotopic (exact) mass is 596 g/mol. The molecule has 3 aromatic heterocycles. The molecule has 4 heterocycles. The van der Waals surface area contributed by atoms with Crippen molar-refractivity contribution in [3.05, 3.63) is 113 Å². The molecule has 0 saturated heterocycles. The van der Waals surface area contributed by atoms with Gasteiger partial charge in [-0.1, -0.05) is 59.2 Å². The van der Waals surface area contributed by atoms with E-state index < -0.39 is 5.41 Å². The van der Waals surface area contributed by atoms with Gasteiger partial charge in [-0.25, -0.2) is 4.39 Å². The third kappa shape index (κ3) is 3.57. The Morgan fingerprint density at radius 2 is 1.67 bits per heavy atom. The van der Waals surface area contributed by atoms with Gasteiger partial charge in [-0.05, 0) is 78.1 Å². The van der Waals surface area contributed by atoms with Gasteiger partial charge in [0.05, 0.1) is 34.2 Å². The Labute approximate surface area is 264 Å². The third-order valence-corrected chi connectivity index (χ3v) is 11.1. The van der Waals surface area contributed by atoms with E-state index in [4.69, 9.17) is 4.74 Å². The van der Waals surface area contributed by atoms with Crippen LogP contribution < -0.4 is 13.7 Å². The van der Waals surface area contributed by atoms with Crippen LogP contribution in [0.15, 0.2) is 79.1 Å². The molecule has 0 saturated carbocycles. The molecule has 4 heteroatoms. The largest absolute Gasteiger partial charge is 0.497 e. The van der Waals surface area contributed by atoms with Gasteiger partial charge in [0.15, 0.2) is 12.4 Å². The Morgan fingerprint density at radius 1 is 0.844 bits per heavy atom. The fourth-order valence-electron chi connectivity index (χ4n) is 8.85. The lowest BCUT2D eigenvalue weighted by atomic mass is 9.64. The van der Waals surface area contributed by atoms with E-state index in [0.29, 0.717) is 0 Å². The Hall–Kier alpha value is -4.31. The maximum atomic E-state index is 16.6. The summed E-state index contributed by atoms with van der Waals surface area (Å²) in [5.41, 5.74) is 9.49. The summed E-state index contributed by atoms with van der Waals surface area (Å²) >= 11 is 0. The van der Waals surface area contributed by atoms with Gasteiger partial charge in [-0.2, -0.15) is 8.97 Å². The average Bonchev–Trinajstić information content (AvgIpc) is 3.17. The summed E-state index contributed by atoms with van der Waals surface area (Å²) in [6.45, 7) is 11.3. The van der Waals surface area contributed by atoms with Gasteiger partial charge >= 0.3 is 0 Å². The van der Waals surface area contributed by atoms with Gasteiger partial charge < -0.3 is 4.74 Å². The second kappa shape index (κ2) is 9.84. The molecule has 0 bridgehead atoms. The van der Waals surface area contributed by atoms with Crippen molar-refractivity contribution in [2.45, 2.75) is 77.6 Å². The van der Waals surface area contributed by atoms with Crippen molar-refractivity contribution in [2.24, 2.45) is 0 Å². The van der Waals surface area contributed by atoms with Crippen LogP contribution in [0, 0.1) is 5.82 Å². The van der Waals surface area contributed by atoms with Crippen LogP contribution in [0.25, 0.3) is 44.0 Å². The minimum atomic E-state index is -0.503. The van der Waals surface area contributed by atoms with Crippen LogP contribution in [0.3, 0.4) is 0 Å². The molecule has 0 amide bonds. The number of rotatable bonds is 6. The number of fused-ring (bicyclic) bond motifs is 7. The summed E-state index contributed by atoms with van der Waals surface area (Å²) in [7, 11) is 1.73. The Balaban J connectivity index is 1.68. The van der Waals surface area contributed by atoms with Crippen LogP contribution in [0.2, 0.25) is 0 Å². The highest BCUT2D eigenvalue weighted by Gasteiger charge is 2.54. The first-order chi connectivity index (χ1) is 21.8. The quantitative estimate of drug-likeness (QED) is 0.138. The fraction of sp³-hybridized carbons (Fsp3) is 0.317. The first-order valence-corrected chi connectivity index (χ1v) is 16.6. The summed E-state index contributed by atoms with van der Waals surface area (Å²) < 4.78 is 27.1. The van der Waals surface area contributed by atoms with E-state index in [1.165, 1.54) is 44.2 Å². The molecule has 226 valence electrons. The maximum Gasteiger partial charge on any atom is 0.288 e. The number of pyridine rings is 3. The van der Waals surface area contributed by atoms with Gasteiger partial charge in [0.1, 0.15) is 11.6 Å². The zero-order valence-electron chi connectivity index (χ0n) is 27.2. The van der Waals surface area contributed by atoms with Crippen molar-refractivity contribution in [3.8, 4) is 22.7 Å². The molecule has 0 radical (unpaired) electrons. The molecular weight excluding hydrogens is 555 g/mol. The lowest BCUT2D eigenvalue weighted by Crippen LogP contribution is -2.45. The molecule has 2 aliphatic rings. The molecule has 3 aromatic carbocycles. The Morgan fingerprint density at radius 3 is 2.42 bits per heavy atom. The Bertz CT molecular complexity index is 2210. The van der Waals surface area contributed by atoms with Gasteiger partial charge in [0.25, 0.3) is 11.4 Å². The van der Waals surface area contributed by atoms with Crippen LogP contribution in [0.5, 0.6) is 5.75 Å². The van der Waals surface area contributed by atoms with E-state index in [-0.39, 0.29) is 11.2 Å². The van der Waals surface area contributed by atoms with E-state index in [9.17, 15) is 0 Å². The average molecular weight is 597 g/mol. The van der Waals surface area contributed by atoms with E-state index in [1.807, 2.05) is 0 Å². The standard InChI is InChI=1S/C41H41FN2O/c1-7-10-13-25-22-26-19-21-44-37-28-16-15-27(45-6)24-29(28)33-14-11-12-20-43(33)39(37)41(8-2,9-3)30-17-18-32(42)36-35(30)38(44)34(26)31(23-25)40(36,4)5/h11-12,14-24H,7-10,13H2,1-6H3/q+2. The molecule has 0 spiro atoms. The second-order valence-electron chi connectivity index (χ2n) is 13.6. The number of aromatic nitrogens is 2. The van der Waals surface area contributed by atoms with Gasteiger partial charge in [0, 0.05) is 29.2 Å². The van der Waals surface area contributed by atoms with E-state index >= 15 is 4.39 Å². The highest BCUT2D eigenvalue weighted by atomic mass is 19.1. The van der Waals surface area contributed by atoms with Gasteiger partial charge in [-0.3, -0.25) is 0 Å². The summed E-state index contributed by atoms with van der Waals surface area (Å²) in [4.78, 5) is 0. The fourth-order valence-corrected chi connectivity index (χ4v) is 8.85. The van der Waals surface area contributed by atoms with E-state index in [1.54, 1.807) is 13.2 Å². The first-order valence-electron chi connectivity index (χ1n) is 16.6. The second-order valence-corrected chi connectivity index (χ2v) is 13.6. The predicted octanol–water partition coefficient (Wildman–Crippen LogP) is 9.22. The molecule has 45 heavy (non-hydrogen) atoms. The van der Waals surface area contributed by atoms with Gasteiger partial charge in [-0.15, -0.1) is 0 Å². The number of methoxy groups -OCH3 is 1. The molecule has 3 nitrogen and oxygen atoms in total. The highest BCUT2D eigenvalue weighted by Crippen LogP contribution is 2.56. The number of unbranched alkanes of at least 4 members (excludes halogenated alkanes) is 1. The normalized spacial score (nSPS) is 15.4. The minimum absolute atomic E-state index is 0.119. The van der Waals surface area contributed by atoms with Crippen LogP contribution in [-0.2, 0) is 17.3 Å². The van der Waals surface area contributed by atoms with E-state index in [0.717, 1.165) is 65.6 Å². The summed E-state index contributed by atoms with van der Waals surface area (Å²) in [5, 5.41) is 4.79. The zero-order chi connectivity index (χ0) is 31.2. The number of hydrogen-bond acceptors (Lipinski definition) is 1. The number of hydrogen-bond donors (Lipinski definition) is 0. The molecule has 0 atom stereocenters. The van der Waals surface area contributed by atoms with Crippen LogP contribution in [0.4, 0.5) is 4.39 Å². The zero-order valence-corrected chi connectivity index (χ0v) is 27.2. The summed E-state index contributed by atoms with van der Waals surface area (Å²) in [6.07, 6.45) is 9.54. The molecule has 0 fully saturated rings. The lowest BCUT2D eigenvalue weighted by molar-refractivity contribution is -0.599. The van der Waals surface area contributed by atoms with Crippen molar-refractivity contribution in [2.75, 3.05) is 7.11 Å². The van der Waals surface area contributed by atoms with Crippen molar-refractivity contribution in [3.63, 3.8) is 0 Å². The molecule has 1 aliphatic heterocycles. The number of ether oxygens (including phenoxy) is 1. The predicted molar refractivity (Wildman–Crippen MR) is 180 cm³/mol. The van der Waals surface area contributed by atoms with Crippen molar-refractivity contribution < 1.29 is 18.1 Å². The molecule has 0 unspecified atom stereocenters. The first kappa shape index (κ1) is 28.2. The van der Waals surface area contributed by atoms with Crippen LogP contribution >= 0.6 is 0 Å².